The quantitative estimate of drug-likeness (QED) is 0.808. The molecule has 1 aliphatic heterocycles. The van der Waals surface area contributed by atoms with E-state index in [1.807, 2.05) is 18.2 Å². The Balaban J connectivity index is 1.58. The molecule has 0 unspecified atom stereocenters. The third-order valence-corrected chi connectivity index (χ3v) is 4.29. The predicted molar refractivity (Wildman–Crippen MR) is 81.5 cm³/mol. The minimum Gasteiger partial charge on any atom is -0.375 e. The fourth-order valence-corrected chi connectivity index (χ4v) is 3.13. The summed E-state index contributed by atoms with van der Waals surface area (Å²) < 4.78 is 0. The summed E-state index contributed by atoms with van der Waals surface area (Å²) in [6.07, 6.45) is 3.76. The maximum atomic E-state index is 5.75. The van der Waals surface area contributed by atoms with Gasteiger partial charge in [-0.25, -0.2) is 9.97 Å². The van der Waals surface area contributed by atoms with Crippen LogP contribution in [-0.2, 0) is 12.8 Å². The van der Waals surface area contributed by atoms with Gasteiger partial charge in [-0.1, -0.05) is 12.0 Å². The summed E-state index contributed by atoms with van der Waals surface area (Å²) in [6.45, 7) is 2.79. The lowest BCUT2D eigenvalue weighted by Gasteiger charge is -2.15. The van der Waals surface area contributed by atoms with Gasteiger partial charge < -0.3 is 5.73 Å². The van der Waals surface area contributed by atoms with Crippen LogP contribution in [0.5, 0.6) is 0 Å². The second-order valence-electron chi connectivity index (χ2n) is 4.71. The molecule has 2 N–H and O–H groups in total. The molecule has 0 radical (unpaired) electrons. The van der Waals surface area contributed by atoms with Crippen molar-refractivity contribution in [1.29, 1.82) is 0 Å². The first-order valence-corrected chi connectivity index (χ1v) is 7.49. The zero-order valence-electron chi connectivity index (χ0n) is 11.2. The Morgan fingerprint density at radius 3 is 3.05 bits per heavy atom. The second-order valence-corrected chi connectivity index (χ2v) is 5.83. The Hall–Kier alpha value is -1.90. The van der Waals surface area contributed by atoms with Gasteiger partial charge in [0, 0.05) is 30.6 Å². The number of nitrogens with zero attached hydrogens (tertiary/aromatic N) is 3. The van der Waals surface area contributed by atoms with Gasteiger partial charge in [0.1, 0.15) is 5.69 Å². The van der Waals surface area contributed by atoms with E-state index in [0.29, 0.717) is 5.13 Å². The van der Waals surface area contributed by atoms with Crippen molar-refractivity contribution in [3.05, 3.63) is 40.7 Å². The average molecular weight is 284 g/mol. The normalized spacial score (nSPS) is 15.0. The summed E-state index contributed by atoms with van der Waals surface area (Å²) in [7, 11) is 0. The van der Waals surface area contributed by atoms with E-state index in [2.05, 4.69) is 26.7 Å². The molecule has 2 aromatic rings. The number of nitrogen functional groups attached to an aromatic ring is 1. The maximum Gasteiger partial charge on any atom is 0.180 e. The Morgan fingerprint density at radius 1 is 1.30 bits per heavy atom. The van der Waals surface area contributed by atoms with Gasteiger partial charge in [-0.05, 0) is 24.5 Å². The maximum absolute atomic E-state index is 5.75. The van der Waals surface area contributed by atoms with E-state index in [1.165, 1.54) is 10.6 Å². The fraction of sp³-hybridized carbons (Fsp3) is 0.333. The monoisotopic (exact) mass is 284 g/mol. The molecule has 0 saturated heterocycles. The Kier molecular flexibility index (Phi) is 3.95. The van der Waals surface area contributed by atoms with Crippen molar-refractivity contribution in [2.75, 3.05) is 25.4 Å². The molecule has 5 heteroatoms. The summed E-state index contributed by atoms with van der Waals surface area (Å²) in [4.78, 5) is 12.3. The SMILES string of the molecule is Nc1nc2c(s1)CCN(CC#Cc1ccccn1)CC2. The van der Waals surface area contributed by atoms with Crippen molar-refractivity contribution in [2.24, 2.45) is 0 Å². The summed E-state index contributed by atoms with van der Waals surface area (Å²) in [5.41, 5.74) is 7.76. The molecule has 2 aromatic heterocycles. The van der Waals surface area contributed by atoms with Gasteiger partial charge in [0.2, 0.25) is 0 Å². The van der Waals surface area contributed by atoms with Crippen LogP contribution in [0, 0.1) is 11.8 Å². The molecular formula is C15H16N4S. The zero-order chi connectivity index (χ0) is 13.8. The lowest BCUT2D eigenvalue weighted by atomic mass is 10.2. The molecule has 1 aliphatic rings. The number of nitrogens with two attached hydrogens (primary N) is 1. The summed E-state index contributed by atoms with van der Waals surface area (Å²) in [6, 6.07) is 5.79. The van der Waals surface area contributed by atoms with E-state index >= 15 is 0 Å². The van der Waals surface area contributed by atoms with Crippen molar-refractivity contribution in [2.45, 2.75) is 12.8 Å². The molecule has 0 spiro atoms. The molecule has 0 bridgehead atoms. The molecule has 4 nitrogen and oxygen atoms in total. The molecule has 0 amide bonds. The molecule has 0 fully saturated rings. The van der Waals surface area contributed by atoms with Crippen molar-refractivity contribution in [3.63, 3.8) is 0 Å². The molecule has 3 rings (SSSR count). The number of thiazole rings is 1. The van der Waals surface area contributed by atoms with Crippen LogP contribution < -0.4 is 5.73 Å². The third kappa shape index (κ3) is 3.16. The molecule has 0 aromatic carbocycles. The first-order valence-electron chi connectivity index (χ1n) is 6.67. The van der Waals surface area contributed by atoms with E-state index in [-0.39, 0.29) is 0 Å². The fourth-order valence-electron chi connectivity index (χ4n) is 2.27. The largest absolute Gasteiger partial charge is 0.375 e. The van der Waals surface area contributed by atoms with Crippen LogP contribution in [0.25, 0.3) is 0 Å². The summed E-state index contributed by atoms with van der Waals surface area (Å²) in [5.74, 6) is 6.30. The standard InChI is InChI=1S/C15H16N4S/c16-15-18-13-6-10-19(11-7-14(13)20-15)9-3-5-12-4-1-2-8-17-12/h1-2,4,8H,6-7,9-11H2,(H2,16,18). The highest BCUT2D eigenvalue weighted by atomic mass is 32.1. The Bertz CT molecular complexity index is 613. The molecule has 20 heavy (non-hydrogen) atoms. The smallest absolute Gasteiger partial charge is 0.180 e. The molecule has 3 heterocycles. The van der Waals surface area contributed by atoms with Gasteiger partial charge in [-0.3, -0.25) is 4.90 Å². The molecule has 0 aliphatic carbocycles. The van der Waals surface area contributed by atoms with Gasteiger partial charge in [-0.2, -0.15) is 0 Å². The number of pyridine rings is 1. The molecule has 0 saturated carbocycles. The van der Waals surface area contributed by atoms with Gasteiger partial charge in [0.05, 0.1) is 12.2 Å². The van der Waals surface area contributed by atoms with E-state index in [1.54, 1.807) is 17.5 Å². The van der Waals surface area contributed by atoms with Crippen LogP contribution in [0.4, 0.5) is 5.13 Å². The Labute approximate surface area is 122 Å². The summed E-state index contributed by atoms with van der Waals surface area (Å²) >= 11 is 1.62. The van der Waals surface area contributed by atoms with Gasteiger partial charge in [0.25, 0.3) is 0 Å². The van der Waals surface area contributed by atoms with E-state index in [9.17, 15) is 0 Å². The van der Waals surface area contributed by atoms with E-state index < -0.39 is 0 Å². The minimum absolute atomic E-state index is 0.693. The van der Waals surface area contributed by atoms with Crippen molar-refractivity contribution >= 4 is 16.5 Å². The predicted octanol–water partition coefficient (Wildman–Crippen LogP) is 1.57. The summed E-state index contributed by atoms with van der Waals surface area (Å²) in [5, 5.41) is 0.693. The van der Waals surface area contributed by atoms with Crippen LogP contribution in [0.3, 0.4) is 0 Å². The van der Waals surface area contributed by atoms with E-state index in [0.717, 1.165) is 38.2 Å². The molecular weight excluding hydrogens is 268 g/mol. The molecule has 102 valence electrons. The van der Waals surface area contributed by atoms with Crippen LogP contribution in [0.15, 0.2) is 24.4 Å². The first kappa shape index (κ1) is 13.1. The van der Waals surface area contributed by atoms with E-state index in [4.69, 9.17) is 5.73 Å². The minimum atomic E-state index is 0.693. The van der Waals surface area contributed by atoms with Crippen LogP contribution >= 0.6 is 11.3 Å². The third-order valence-electron chi connectivity index (χ3n) is 3.30. The highest BCUT2D eigenvalue weighted by molar-refractivity contribution is 7.15. The van der Waals surface area contributed by atoms with Crippen molar-refractivity contribution < 1.29 is 0 Å². The average Bonchev–Trinajstić information content (AvgIpc) is 2.72. The van der Waals surface area contributed by atoms with Crippen LogP contribution in [0.1, 0.15) is 16.3 Å². The lowest BCUT2D eigenvalue weighted by Crippen LogP contribution is -2.26. The highest BCUT2D eigenvalue weighted by Gasteiger charge is 2.16. The van der Waals surface area contributed by atoms with Crippen LogP contribution in [0.2, 0.25) is 0 Å². The Morgan fingerprint density at radius 2 is 2.20 bits per heavy atom. The van der Waals surface area contributed by atoms with Crippen molar-refractivity contribution in [3.8, 4) is 11.8 Å². The van der Waals surface area contributed by atoms with Crippen LogP contribution in [-0.4, -0.2) is 34.5 Å². The number of aromatic nitrogens is 2. The van der Waals surface area contributed by atoms with Gasteiger partial charge >= 0.3 is 0 Å². The second kappa shape index (κ2) is 6.04. The number of hydrogen-bond donors (Lipinski definition) is 1. The number of rotatable bonds is 1. The van der Waals surface area contributed by atoms with Crippen molar-refractivity contribution in [1.82, 2.24) is 14.9 Å². The number of hydrogen-bond acceptors (Lipinski definition) is 5. The molecule has 0 atom stereocenters. The highest BCUT2D eigenvalue weighted by Crippen LogP contribution is 2.23. The van der Waals surface area contributed by atoms with Gasteiger partial charge in [0.15, 0.2) is 5.13 Å². The number of fused-ring (bicyclic) bond motifs is 1. The lowest BCUT2D eigenvalue weighted by molar-refractivity contribution is 0.323. The topological polar surface area (TPSA) is 55.0 Å². The first-order chi connectivity index (χ1) is 9.81. The zero-order valence-corrected chi connectivity index (χ0v) is 12.0. The number of anilines is 1. The van der Waals surface area contributed by atoms with Gasteiger partial charge in [-0.15, -0.1) is 11.3 Å².